The van der Waals surface area contributed by atoms with Crippen molar-refractivity contribution in [2.45, 2.75) is 12.6 Å². The van der Waals surface area contributed by atoms with E-state index in [2.05, 4.69) is 4.99 Å². The van der Waals surface area contributed by atoms with Crippen molar-refractivity contribution in [2.75, 3.05) is 38.8 Å². The van der Waals surface area contributed by atoms with Crippen LogP contribution in [-0.2, 0) is 0 Å². The quantitative estimate of drug-likeness (QED) is 0.857. The maximum atomic E-state index is 12.4. The maximum absolute atomic E-state index is 12.4. The van der Waals surface area contributed by atoms with Gasteiger partial charge in [0, 0.05) is 25.7 Å². The van der Waals surface area contributed by atoms with E-state index in [0.717, 1.165) is 12.1 Å². The van der Waals surface area contributed by atoms with Crippen molar-refractivity contribution in [3.05, 3.63) is 18.2 Å². The number of nitrogens with zero attached hydrogens (tertiary/aromatic N) is 2. The number of aliphatic imine (C=N–C) groups is 1. The van der Waals surface area contributed by atoms with Crippen LogP contribution in [0.2, 0.25) is 0 Å². The van der Waals surface area contributed by atoms with Crippen LogP contribution < -0.4 is 14.4 Å². The zero-order valence-corrected chi connectivity index (χ0v) is 11.9. The highest BCUT2D eigenvalue weighted by molar-refractivity contribution is 5.93. The maximum Gasteiger partial charge on any atom is 0.422 e. The number of rotatable bonds is 4. The Bertz CT molecular complexity index is 529. The van der Waals surface area contributed by atoms with Crippen LogP contribution in [0.1, 0.15) is 6.42 Å². The molecule has 0 aliphatic carbocycles. The van der Waals surface area contributed by atoms with Crippen LogP contribution in [0.25, 0.3) is 0 Å². The van der Waals surface area contributed by atoms with E-state index in [-0.39, 0.29) is 5.75 Å². The fraction of sp³-hybridized carbons (Fsp3) is 0.500. The molecule has 0 amide bonds. The Morgan fingerprint density at radius 2 is 2.00 bits per heavy atom. The molecule has 0 saturated carbocycles. The second-order valence-electron chi connectivity index (χ2n) is 4.67. The molecule has 1 aromatic rings. The van der Waals surface area contributed by atoms with Crippen LogP contribution in [0.4, 0.5) is 18.9 Å². The first-order valence-electron chi connectivity index (χ1n) is 6.50. The van der Waals surface area contributed by atoms with E-state index in [4.69, 9.17) is 9.47 Å². The zero-order chi connectivity index (χ0) is 15.5. The summed E-state index contributed by atoms with van der Waals surface area (Å²) in [6, 6.07) is 4.83. The lowest BCUT2D eigenvalue weighted by Crippen LogP contribution is -2.24. The van der Waals surface area contributed by atoms with E-state index >= 15 is 0 Å². The van der Waals surface area contributed by atoms with Gasteiger partial charge in [0.05, 0.1) is 13.7 Å². The molecule has 2 rings (SSSR count). The number of ether oxygens (including phenoxy) is 2. The Morgan fingerprint density at radius 1 is 1.29 bits per heavy atom. The van der Waals surface area contributed by atoms with Crippen molar-refractivity contribution in [3.8, 4) is 11.5 Å². The summed E-state index contributed by atoms with van der Waals surface area (Å²) in [6.45, 7) is -0.0790. The molecule has 0 radical (unpaired) electrons. The Morgan fingerprint density at radius 3 is 2.57 bits per heavy atom. The third-order valence-electron chi connectivity index (χ3n) is 3.25. The van der Waals surface area contributed by atoms with Gasteiger partial charge in [-0.2, -0.15) is 13.2 Å². The van der Waals surface area contributed by atoms with Crippen LogP contribution >= 0.6 is 0 Å². The molecule has 7 heteroatoms. The van der Waals surface area contributed by atoms with Gasteiger partial charge in [-0.25, -0.2) is 0 Å². The van der Waals surface area contributed by atoms with Crippen molar-refractivity contribution in [3.63, 3.8) is 0 Å². The summed E-state index contributed by atoms with van der Waals surface area (Å²) >= 11 is 0. The Labute approximate surface area is 121 Å². The predicted octanol–water partition coefficient (Wildman–Crippen LogP) is 2.92. The molecule has 116 valence electrons. The van der Waals surface area contributed by atoms with Gasteiger partial charge in [0.25, 0.3) is 0 Å². The summed E-state index contributed by atoms with van der Waals surface area (Å²) in [5.74, 6) is 0.663. The molecular formula is C14H17F3N2O2. The summed E-state index contributed by atoms with van der Waals surface area (Å²) in [4.78, 5) is 6.07. The molecule has 4 nitrogen and oxygen atoms in total. The largest absolute Gasteiger partial charge is 0.494 e. The van der Waals surface area contributed by atoms with Crippen molar-refractivity contribution < 1.29 is 22.6 Å². The monoisotopic (exact) mass is 302 g/mol. The Hall–Kier alpha value is -1.92. The number of benzene rings is 1. The van der Waals surface area contributed by atoms with Crippen LogP contribution in [0.15, 0.2) is 23.2 Å². The Kier molecular flexibility index (Phi) is 4.59. The fourth-order valence-electron chi connectivity index (χ4n) is 2.27. The van der Waals surface area contributed by atoms with Gasteiger partial charge >= 0.3 is 6.18 Å². The molecule has 1 aliphatic rings. The summed E-state index contributed by atoms with van der Waals surface area (Å²) in [7, 11) is 3.19. The molecule has 0 N–H and O–H groups in total. The molecule has 0 atom stereocenters. The van der Waals surface area contributed by atoms with Crippen molar-refractivity contribution in [1.82, 2.24) is 0 Å². The van der Waals surface area contributed by atoms with E-state index in [1.165, 1.54) is 13.2 Å². The van der Waals surface area contributed by atoms with Crippen LogP contribution in [0.5, 0.6) is 11.5 Å². The average molecular weight is 302 g/mol. The number of alkyl halides is 3. The molecule has 21 heavy (non-hydrogen) atoms. The van der Waals surface area contributed by atoms with E-state index in [0.29, 0.717) is 24.5 Å². The van der Waals surface area contributed by atoms with Gasteiger partial charge in [0.15, 0.2) is 6.61 Å². The minimum absolute atomic E-state index is 0.170. The van der Waals surface area contributed by atoms with Gasteiger partial charge in [0.2, 0.25) is 0 Å². The van der Waals surface area contributed by atoms with Gasteiger partial charge in [-0.1, -0.05) is 6.07 Å². The average Bonchev–Trinajstić information content (AvgIpc) is 2.92. The summed E-state index contributed by atoms with van der Waals surface area (Å²) in [5, 5.41) is 0. The second kappa shape index (κ2) is 6.24. The number of para-hydroxylation sites is 1. The van der Waals surface area contributed by atoms with Gasteiger partial charge in [0.1, 0.15) is 17.2 Å². The first-order valence-corrected chi connectivity index (χ1v) is 6.50. The highest BCUT2D eigenvalue weighted by Crippen LogP contribution is 2.39. The second-order valence-corrected chi connectivity index (χ2v) is 4.67. The van der Waals surface area contributed by atoms with Crippen molar-refractivity contribution in [1.29, 1.82) is 0 Å². The fourth-order valence-corrected chi connectivity index (χ4v) is 2.27. The van der Waals surface area contributed by atoms with E-state index in [9.17, 15) is 13.2 Å². The minimum Gasteiger partial charge on any atom is -0.494 e. The molecule has 1 aromatic carbocycles. The van der Waals surface area contributed by atoms with Crippen LogP contribution in [-0.4, -0.2) is 45.7 Å². The highest BCUT2D eigenvalue weighted by Gasteiger charge is 2.30. The topological polar surface area (TPSA) is 34.1 Å². The number of halogens is 3. The van der Waals surface area contributed by atoms with Crippen LogP contribution in [0.3, 0.4) is 0 Å². The molecule has 1 fully saturated rings. The van der Waals surface area contributed by atoms with Gasteiger partial charge in [-0.05, 0) is 12.1 Å². The predicted molar refractivity (Wildman–Crippen MR) is 74.7 cm³/mol. The number of hydrogen-bond donors (Lipinski definition) is 0. The molecule has 0 bridgehead atoms. The minimum atomic E-state index is -4.37. The number of anilines is 1. The van der Waals surface area contributed by atoms with Gasteiger partial charge in [-0.15, -0.1) is 0 Å². The van der Waals surface area contributed by atoms with Crippen LogP contribution in [0, 0.1) is 0 Å². The SMILES string of the molecule is CN=C1CCN(c2c(OC)cccc2OCC(F)(F)F)C1. The summed E-state index contributed by atoms with van der Waals surface area (Å²) in [5.41, 5.74) is 1.55. The lowest BCUT2D eigenvalue weighted by molar-refractivity contribution is -0.153. The first-order chi connectivity index (χ1) is 9.94. The van der Waals surface area contributed by atoms with Crippen molar-refractivity contribution >= 4 is 11.4 Å². The lowest BCUT2D eigenvalue weighted by atomic mass is 10.2. The van der Waals surface area contributed by atoms with E-state index in [1.54, 1.807) is 19.2 Å². The lowest BCUT2D eigenvalue weighted by Gasteiger charge is -2.23. The standard InChI is InChI=1S/C14H17F3N2O2/c1-18-10-6-7-19(8-10)13-11(20-2)4-3-5-12(13)21-9-14(15,16)17/h3-5H,6-9H2,1-2H3. The molecule has 0 aromatic heterocycles. The van der Waals surface area contributed by atoms with E-state index < -0.39 is 12.8 Å². The number of hydrogen-bond acceptors (Lipinski definition) is 4. The summed E-state index contributed by atoms with van der Waals surface area (Å²) in [6.07, 6.45) is -3.59. The Balaban J connectivity index is 2.28. The van der Waals surface area contributed by atoms with Gasteiger partial charge < -0.3 is 14.4 Å². The molecular weight excluding hydrogens is 285 g/mol. The smallest absolute Gasteiger partial charge is 0.422 e. The first kappa shape index (κ1) is 15.5. The molecule has 1 aliphatic heterocycles. The number of methoxy groups -OCH3 is 1. The third-order valence-corrected chi connectivity index (χ3v) is 3.25. The summed E-state index contributed by atoms with van der Waals surface area (Å²) < 4.78 is 47.3. The normalized spacial score (nSPS) is 17.4. The van der Waals surface area contributed by atoms with Crippen molar-refractivity contribution in [2.24, 2.45) is 4.99 Å². The highest BCUT2D eigenvalue weighted by atomic mass is 19.4. The molecule has 0 spiro atoms. The molecule has 1 saturated heterocycles. The van der Waals surface area contributed by atoms with E-state index in [1.807, 2.05) is 4.90 Å². The molecule has 1 heterocycles. The van der Waals surface area contributed by atoms with Gasteiger partial charge in [-0.3, -0.25) is 4.99 Å². The third kappa shape index (κ3) is 3.80. The zero-order valence-electron chi connectivity index (χ0n) is 11.9. The molecule has 0 unspecified atom stereocenters.